The summed E-state index contributed by atoms with van der Waals surface area (Å²) in [6.07, 6.45) is 1.33. The maximum Gasteiger partial charge on any atom is 0.348 e. The molecule has 0 bridgehead atoms. The van der Waals surface area contributed by atoms with Crippen LogP contribution < -0.4 is 4.90 Å². The lowest BCUT2D eigenvalue weighted by atomic mass is 10.2. The van der Waals surface area contributed by atoms with E-state index >= 15 is 0 Å². The number of rotatable bonds is 5. The number of carbonyl (C=O) groups is 2. The van der Waals surface area contributed by atoms with E-state index in [-0.39, 0.29) is 18.1 Å². The van der Waals surface area contributed by atoms with Crippen molar-refractivity contribution in [3.8, 4) is 6.07 Å². The number of halogens is 1. The van der Waals surface area contributed by atoms with Crippen molar-refractivity contribution >= 4 is 51.7 Å². The van der Waals surface area contributed by atoms with Gasteiger partial charge in [-0.1, -0.05) is 17.7 Å². The molecule has 2 rings (SSSR count). The Balaban J connectivity index is 2.36. The standard InChI is InChI=1S/C17H14ClN3O3S/c1-3-24-16(23)12(9-19)7-14-10-25-17(20-14)21(11(2)22)15-6-4-5-13(18)8-15/h4-8,10H,3H2,1-2H3/b12-7-. The highest BCUT2D eigenvalue weighted by atomic mass is 35.5. The van der Waals surface area contributed by atoms with Crippen LogP contribution in [0.3, 0.4) is 0 Å². The molecule has 0 aliphatic rings. The van der Waals surface area contributed by atoms with Crippen LogP contribution in [0.4, 0.5) is 10.8 Å². The number of benzene rings is 1. The molecule has 1 heterocycles. The fourth-order valence-corrected chi connectivity index (χ4v) is 3.01. The van der Waals surface area contributed by atoms with E-state index in [1.54, 1.807) is 42.6 Å². The lowest BCUT2D eigenvalue weighted by molar-refractivity contribution is -0.137. The van der Waals surface area contributed by atoms with Gasteiger partial charge in [0.2, 0.25) is 5.91 Å². The van der Waals surface area contributed by atoms with Crippen molar-refractivity contribution in [3.05, 3.63) is 45.9 Å². The molecule has 1 aromatic carbocycles. The molecule has 0 aliphatic heterocycles. The summed E-state index contributed by atoms with van der Waals surface area (Å²) in [5.74, 6) is -0.948. The second-order valence-electron chi connectivity index (χ2n) is 4.78. The Morgan fingerprint density at radius 1 is 1.48 bits per heavy atom. The average molecular weight is 376 g/mol. The lowest BCUT2D eigenvalue weighted by Gasteiger charge is -2.18. The summed E-state index contributed by atoms with van der Waals surface area (Å²) in [7, 11) is 0. The molecular weight excluding hydrogens is 362 g/mol. The van der Waals surface area contributed by atoms with Gasteiger partial charge in [-0.05, 0) is 31.2 Å². The first-order valence-corrected chi connectivity index (χ1v) is 8.52. The Morgan fingerprint density at radius 2 is 2.24 bits per heavy atom. The highest BCUT2D eigenvalue weighted by molar-refractivity contribution is 7.14. The molecule has 25 heavy (non-hydrogen) atoms. The Hall–Kier alpha value is -2.69. The number of hydrogen-bond acceptors (Lipinski definition) is 6. The van der Waals surface area contributed by atoms with Gasteiger partial charge in [-0.3, -0.25) is 9.69 Å². The van der Waals surface area contributed by atoms with E-state index in [4.69, 9.17) is 21.6 Å². The first-order valence-electron chi connectivity index (χ1n) is 7.27. The molecule has 1 amide bonds. The van der Waals surface area contributed by atoms with E-state index in [9.17, 15) is 9.59 Å². The summed E-state index contributed by atoms with van der Waals surface area (Å²) in [4.78, 5) is 29.4. The second kappa shape index (κ2) is 8.42. The monoisotopic (exact) mass is 375 g/mol. The number of anilines is 2. The zero-order valence-electron chi connectivity index (χ0n) is 13.5. The summed E-state index contributed by atoms with van der Waals surface area (Å²) >= 11 is 7.20. The molecule has 0 fully saturated rings. The van der Waals surface area contributed by atoms with Crippen molar-refractivity contribution in [2.75, 3.05) is 11.5 Å². The average Bonchev–Trinajstić information content (AvgIpc) is 3.00. The molecule has 1 aromatic heterocycles. The molecule has 0 atom stereocenters. The first-order chi connectivity index (χ1) is 12.0. The van der Waals surface area contributed by atoms with Crippen LogP contribution in [0.25, 0.3) is 6.08 Å². The molecule has 0 N–H and O–H groups in total. The number of nitriles is 1. The number of carbonyl (C=O) groups excluding carboxylic acids is 2. The van der Waals surface area contributed by atoms with Crippen LogP contribution in [0.2, 0.25) is 5.02 Å². The molecule has 2 aromatic rings. The van der Waals surface area contributed by atoms with Crippen LogP contribution >= 0.6 is 22.9 Å². The summed E-state index contributed by atoms with van der Waals surface area (Å²) in [6, 6.07) is 8.62. The number of esters is 1. The quantitative estimate of drug-likeness (QED) is 0.449. The molecule has 0 spiro atoms. The summed E-state index contributed by atoms with van der Waals surface area (Å²) in [5.41, 5.74) is 0.810. The number of ether oxygens (including phenoxy) is 1. The number of hydrogen-bond donors (Lipinski definition) is 0. The normalized spacial score (nSPS) is 10.9. The van der Waals surface area contributed by atoms with Crippen molar-refractivity contribution in [3.63, 3.8) is 0 Å². The number of thiazole rings is 1. The van der Waals surface area contributed by atoms with E-state index in [2.05, 4.69) is 4.98 Å². The highest BCUT2D eigenvalue weighted by Gasteiger charge is 2.18. The van der Waals surface area contributed by atoms with Gasteiger partial charge < -0.3 is 4.74 Å². The second-order valence-corrected chi connectivity index (χ2v) is 6.05. The summed E-state index contributed by atoms with van der Waals surface area (Å²) in [6.45, 7) is 3.24. The number of amides is 1. The van der Waals surface area contributed by atoms with Crippen molar-refractivity contribution in [2.45, 2.75) is 13.8 Å². The lowest BCUT2D eigenvalue weighted by Crippen LogP contribution is -2.22. The van der Waals surface area contributed by atoms with Gasteiger partial charge in [-0.2, -0.15) is 5.26 Å². The Kier molecular flexibility index (Phi) is 6.28. The number of nitrogens with zero attached hydrogens (tertiary/aromatic N) is 3. The van der Waals surface area contributed by atoms with E-state index in [1.807, 2.05) is 0 Å². The van der Waals surface area contributed by atoms with Crippen LogP contribution in [0, 0.1) is 11.3 Å². The zero-order chi connectivity index (χ0) is 18.4. The van der Waals surface area contributed by atoms with E-state index in [0.29, 0.717) is 21.5 Å². The van der Waals surface area contributed by atoms with Crippen LogP contribution in [0.15, 0.2) is 35.2 Å². The van der Waals surface area contributed by atoms with Gasteiger partial charge in [0.15, 0.2) is 5.13 Å². The fraction of sp³-hybridized carbons (Fsp3) is 0.176. The highest BCUT2D eigenvalue weighted by Crippen LogP contribution is 2.30. The minimum atomic E-state index is -0.710. The largest absolute Gasteiger partial charge is 0.462 e. The molecule has 128 valence electrons. The molecular formula is C17H14ClN3O3S. The van der Waals surface area contributed by atoms with Crippen molar-refractivity contribution in [1.82, 2.24) is 4.98 Å². The predicted octanol–water partition coefficient (Wildman–Crippen LogP) is 3.95. The van der Waals surface area contributed by atoms with Crippen LogP contribution in [-0.4, -0.2) is 23.5 Å². The van der Waals surface area contributed by atoms with Crippen LogP contribution in [0.5, 0.6) is 0 Å². The molecule has 0 saturated carbocycles. The summed E-state index contributed by atoms with van der Waals surface area (Å²) in [5, 5.41) is 11.6. The van der Waals surface area contributed by atoms with Gasteiger partial charge in [-0.25, -0.2) is 9.78 Å². The van der Waals surface area contributed by atoms with Crippen molar-refractivity contribution < 1.29 is 14.3 Å². The molecule has 0 aliphatic carbocycles. The van der Waals surface area contributed by atoms with E-state index < -0.39 is 5.97 Å². The Bertz CT molecular complexity index is 870. The minimum absolute atomic E-state index is 0.157. The third kappa shape index (κ3) is 4.66. The Morgan fingerprint density at radius 3 is 2.84 bits per heavy atom. The van der Waals surface area contributed by atoms with Gasteiger partial charge in [0.25, 0.3) is 0 Å². The molecule has 6 nitrogen and oxygen atoms in total. The van der Waals surface area contributed by atoms with Crippen molar-refractivity contribution in [1.29, 1.82) is 5.26 Å². The maximum absolute atomic E-state index is 12.0. The SMILES string of the molecule is CCOC(=O)/C(C#N)=C\c1csc(N(C(C)=O)c2cccc(Cl)c2)n1. The van der Waals surface area contributed by atoms with Crippen LogP contribution in [0.1, 0.15) is 19.5 Å². The Labute approximate surface area is 153 Å². The van der Waals surface area contributed by atoms with Gasteiger partial charge in [-0.15, -0.1) is 11.3 Å². The molecule has 0 unspecified atom stereocenters. The van der Waals surface area contributed by atoms with E-state index in [0.717, 1.165) is 0 Å². The maximum atomic E-state index is 12.0. The predicted molar refractivity (Wildman–Crippen MR) is 96.6 cm³/mol. The molecule has 0 saturated heterocycles. The topological polar surface area (TPSA) is 83.3 Å². The molecule has 0 radical (unpaired) electrons. The van der Waals surface area contributed by atoms with Gasteiger partial charge in [0, 0.05) is 17.3 Å². The van der Waals surface area contributed by atoms with Gasteiger partial charge in [0.05, 0.1) is 18.0 Å². The van der Waals surface area contributed by atoms with Crippen molar-refractivity contribution in [2.24, 2.45) is 0 Å². The minimum Gasteiger partial charge on any atom is -0.462 e. The number of aromatic nitrogens is 1. The first kappa shape index (κ1) is 18.6. The third-order valence-electron chi connectivity index (χ3n) is 2.99. The fourth-order valence-electron chi connectivity index (χ4n) is 1.98. The zero-order valence-corrected chi connectivity index (χ0v) is 15.1. The van der Waals surface area contributed by atoms with E-state index in [1.165, 1.54) is 29.2 Å². The smallest absolute Gasteiger partial charge is 0.348 e. The molecule has 8 heteroatoms. The van der Waals surface area contributed by atoms with Gasteiger partial charge in [0.1, 0.15) is 11.6 Å². The van der Waals surface area contributed by atoms with Gasteiger partial charge >= 0.3 is 5.97 Å². The third-order valence-corrected chi connectivity index (χ3v) is 4.07. The van der Waals surface area contributed by atoms with Crippen LogP contribution in [-0.2, 0) is 14.3 Å². The summed E-state index contributed by atoms with van der Waals surface area (Å²) < 4.78 is 4.81.